The molecule has 1 aliphatic rings. The number of halogens is 1. The molecule has 1 fully saturated rings. The van der Waals surface area contributed by atoms with Crippen LogP contribution >= 0.6 is 0 Å². The molecule has 1 N–H and O–H groups in total. The van der Waals surface area contributed by atoms with Crippen LogP contribution in [0.1, 0.15) is 46.1 Å². The lowest BCUT2D eigenvalue weighted by atomic mass is 9.98. The topological polar surface area (TPSA) is 79.0 Å². The Labute approximate surface area is 183 Å². The predicted octanol–water partition coefficient (Wildman–Crippen LogP) is 3.18. The second-order valence-corrected chi connectivity index (χ2v) is 8.88. The quantitative estimate of drug-likeness (QED) is 0.636. The van der Waals surface area contributed by atoms with Crippen molar-refractivity contribution in [3.8, 4) is 0 Å². The van der Waals surface area contributed by atoms with Crippen LogP contribution in [0.5, 0.6) is 0 Å². The monoisotopic (exact) mass is 435 g/mol. The summed E-state index contributed by atoms with van der Waals surface area (Å²) in [6, 6.07) is 4.25. The van der Waals surface area contributed by atoms with Crippen molar-refractivity contribution in [1.29, 1.82) is 0 Å². The highest BCUT2D eigenvalue weighted by Gasteiger charge is 2.38. The number of hydrogen-bond acceptors (Lipinski definition) is 4. The summed E-state index contributed by atoms with van der Waals surface area (Å²) in [5.41, 5.74) is 0.832. The minimum atomic E-state index is -0.760. The van der Waals surface area contributed by atoms with Gasteiger partial charge in [-0.05, 0) is 42.4 Å². The molecule has 31 heavy (non-hydrogen) atoms. The number of nitrogens with zero attached hydrogens (tertiary/aromatic N) is 2. The van der Waals surface area contributed by atoms with Crippen LogP contribution in [0.3, 0.4) is 0 Å². The van der Waals surface area contributed by atoms with Crippen LogP contribution in [0.2, 0.25) is 0 Å². The van der Waals surface area contributed by atoms with E-state index in [1.54, 1.807) is 17.0 Å². The molecule has 1 aliphatic heterocycles. The molecule has 3 amide bonds. The Balaban J connectivity index is 2.15. The maximum absolute atomic E-state index is 13.2. The number of benzene rings is 1. The molecular weight excluding hydrogens is 401 g/mol. The summed E-state index contributed by atoms with van der Waals surface area (Å²) in [5, 5.41) is 2.76. The second kappa shape index (κ2) is 11.1. The van der Waals surface area contributed by atoms with Crippen molar-refractivity contribution in [2.45, 2.75) is 59.2 Å². The molecule has 2 atom stereocenters. The lowest BCUT2D eigenvalue weighted by Gasteiger charge is -2.41. The first-order valence-corrected chi connectivity index (χ1v) is 10.8. The average Bonchev–Trinajstić information content (AvgIpc) is 2.70. The molecule has 0 unspecified atom stereocenters. The predicted molar refractivity (Wildman–Crippen MR) is 116 cm³/mol. The van der Waals surface area contributed by atoms with E-state index >= 15 is 0 Å². The largest absolute Gasteiger partial charge is 0.467 e. The molecule has 0 radical (unpaired) electrons. The normalized spacial score (nSPS) is 17.8. The van der Waals surface area contributed by atoms with E-state index in [1.807, 2.05) is 27.7 Å². The molecule has 7 nitrogen and oxygen atoms in total. The zero-order valence-corrected chi connectivity index (χ0v) is 19.1. The highest BCUT2D eigenvalue weighted by atomic mass is 19.1. The van der Waals surface area contributed by atoms with Gasteiger partial charge in [-0.1, -0.05) is 39.8 Å². The number of methoxy groups -OCH3 is 1. The Morgan fingerprint density at radius 2 is 1.77 bits per heavy atom. The molecule has 0 aliphatic carbocycles. The third-order valence-electron chi connectivity index (χ3n) is 5.32. The first-order chi connectivity index (χ1) is 14.6. The third-order valence-corrected chi connectivity index (χ3v) is 5.32. The van der Waals surface area contributed by atoms with Gasteiger partial charge in [0.1, 0.15) is 17.9 Å². The Morgan fingerprint density at radius 3 is 2.32 bits per heavy atom. The molecule has 1 saturated heterocycles. The summed E-state index contributed by atoms with van der Waals surface area (Å²) in [6.07, 6.45) is 0.963. The lowest BCUT2D eigenvalue weighted by molar-refractivity contribution is -0.143. The van der Waals surface area contributed by atoms with Gasteiger partial charge in [0.2, 0.25) is 5.91 Å². The number of urea groups is 1. The van der Waals surface area contributed by atoms with Crippen molar-refractivity contribution >= 4 is 17.9 Å². The van der Waals surface area contributed by atoms with Crippen LogP contribution in [0.25, 0.3) is 0 Å². The number of amides is 3. The molecule has 1 heterocycles. The van der Waals surface area contributed by atoms with Crippen LogP contribution in [0, 0.1) is 17.7 Å². The standard InChI is InChI=1S/C23H34FN3O4/c1-15(2)12-19(22(29)31-5)25-23(30)27-11-10-26(21(28)20(27)13-16(3)4)14-17-6-8-18(24)9-7-17/h6-9,15-16,19-20H,10-14H2,1-5H3,(H,25,30)/t19-,20-/m0/s1. The van der Waals surface area contributed by atoms with E-state index in [2.05, 4.69) is 5.32 Å². The molecule has 172 valence electrons. The molecule has 0 aromatic heterocycles. The van der Waals surface area contributed by atoms with Gasteiger partial charge < -0.3 is 19.9 Å². The number of rotatable bonds is 8. The lowest BCUT2D eigenvalue weighted by Crippen LogP contribution is -2.62. The van der Waals surface area contributed by atoms with E-state index in [-0.39, 0.29) is 23.6 Å². The van der Waals surface area contributed by atoms with Crippen LogP contribution in [-0.2, 0) is 20.9 Å². The van der Waals surface area contributed by atoms with Gasteiger partial charge in [-0.2, -0.15) is 0 Å². The highest BCUT2D eigenvalue weighted by Crippen LogP contribution is 2.21. The summed E-state index contributed by atoms with van der Waals surface area (Å²) in [4.78, 5) is 41.6. The Bertz CT molecular complexity index is 767. The van der Waals surface area contributed by atoms with Crippen LogP contribution in [-0.4, -0.2) is 60.0 Å². The Hall–Kier alpha value is -2.64. The first-order valence-electron chi connectivity index (χ1n) is 10.8. The van der Waals surface area contributed by atoms with Gasteiger partial charge >= 0.3 is 12.0 Å². The SMILES string of the molecule is COC(=O)[C@H](CC(C)C)NC(=O)N1CCN(Cc2ccc(F)cc2)C(=O)[C@@H]1CC(C)C. The van der Waals surface area contributed by atoms with E-state index in [4.69, 9.17) is 4.74 Å². The van der Waals surface area contributed by atoms with Crippen LogP contribution < -0.4 is 5.32 Å². The Kier molecular flexibility index (Phi) is 8.83. The maximum atomic E-state index is 13.2. The molecule has 2 rings (SSSR count). The minimum Gasteiger partial charge on any atom is -0.467 e. The van der Waals surface area contributed by atoms with Crippen molar-refractivity contribution in [1.82, 2.24) is 15.1 Å². The van der Waals surface area contributed by atoms with Crippen molar-refractivity contribution in [3.63, 3.8) is 0 Å². The fourth-order valence-electron chi connectivity index (χ4n) is 3.78. The molecule has 0 saturated carbocycles. The number of ether oxygens (including phenoxy) is 1. The molecule has 0 spiro atoms. The van der Waals surface area contributed by atoms with Gasteiger partial charge in [0, 0.05) is 19.6 Å². The van der Waals surface area contributed by atoms with Gasteiger partial charge in [-0.25, -0.2) is 14.0 Å². The van der Waals surface area contributed by atoms with Gasteiger partial charge in [0.25, 0.3) is 0 Å². The van der Waals surface area contributed by atoms with Crippen molar-refractivity contribution in [3.05, 3.63) is 35.6 Å². The average molecular weight is 436 g/mol. The third kappa shape index (κ3) is 6.94. The van der Waals surface area contributed by atoms with Crippen LogP contribution in [0.15, 0.2) is 24.3 Å². The zero-order chi connectivity index (χ0) is 23.1. The van der Waals surface area contributed by atoms with E-state index in [0.717, 1.165) is 5.56 Å². The zero-order valence-electron chi connectivity index (χ0n) is 19.1. The molecule has 1 aromatic rings. The Morgan fingerprint density at radius 1 is 1.13 bits per heavy atom. The minimum absolute atomic E-state index is 0.141. The number of nitrogens with one attached hydrogen (secondary N) is 1. The number of piperazine rings is 1. The van der Waals surface area contributed by atoms with Crippen molar-refractivity contribution in [2.75, 3.05) is 20.2 Å². The number of esters is 1. The fraction of sp³-hybridized carbons (Fsp3) is 0.609. The molecule has 0 bridgehead atoms. The van der Waals surface area contributed by atoms with Crippen molar-refractivity contribution in [2.24, 2.45) is 11.8 Å². The fourth-order valence-corrected chi connectivity index (χ4v) is 3.78. The number of hydrogen-bond donors (Lipinski definition) is 1. The van der Waals surface area contributed by atoms with E-state index < -0.39 is 24.1 Å². The summed E-state index contributed by atoms with van der Waals surface area (Å²) in [7, 11) is 1.29. The van der Waals surface area contributed by atoms with Gasteiger partial charge in [0.15, 0.2) is 0 Å². The van der Waals surface area contributed by atoms with Gasteiger partial charge in [-0.3, -0.25) is 4.79 Å². The van der Waals surface area contributed by atoms with Gasteiger partial charge in [0.05, 0.1) is 7.11 Å². The summed E-state index contributed by atoms with van der Waals surface area (Å²) < 4.78 is 18.0. The highest BCUT2D eigenvalue weighted by molar-refractivity contribution is 5.90. The van der Waals surface area contributed by atoms with E-state index in [1.165, 1.54) is 24.1 Å². The smallest absolute Gasteiger partial charge is 0.328 e. The molecule has 1 aromatic carbocycles. The number of carbonyl (C=O) groups is 3. The summed E-state index contributed by atoms with van der Waals surface area (Å²) in [5.74, 6) is -0.579. The van der Waals surface area contributed by atoms with Crippen molar-refractivity contribution < 1.29 is 23.5 Å². The van der Waals surface area contributed by atoms with E-state index in [9.17, 15) is 18.8 Å². The maximum Gasteiger partial charge on any atom is 0.328 e. The van der Waals surface area contributed by atoms with Gasteiger partial charge in [-0.15, -0.1) is 0 Å². The molecule has 8 heteroatoms. The number of carbonyl (C=O) groups excluding carboxylic acids is 3. The summed E-state index contributed by atoms with van der Waals surface area (Å²) in [6.45, 7) is 9.00. The second-order valence-electron chi connectivity index (χ2n) is 8.88. The first kappa shape index (κ1) is 24.6. The van der Waals surface area contributed by atoms with E-state index in [0.29, 0.717) is 32.5 Å². The molecular formula is C23H34FN3O4. The van der Waals surface area contributed by atoms with Crippen LogP contribution in [0.4, 0.5) is 9.18 Å². The summed E-state index contributed by atoms with van der Waals surface area (Å²) >= 11 is 0.